The number of nitrogens with zero attached hydrogens (tertiary/aromatic N) is 2. The Kier molecular flexibility index (Phi) is 3.96. The number of methoxy groups -OCH3 is 2. The molecule has 0 aromatic heterocycles. The summed E-state index contributed by atoms with van der Waals surface area (Å²) < 4.78 is 10.5. The van der Waals surface area contributed by atoms with Crippen LogP contribution in [-0.2, 0) is 6.54 Å². The molecule has 0 saturated heterocycles. The van der Waals surface area contributed by atoms with Crippen molar-refractivity contribution in [3.8, 4) is 17.6 Å². The van der Waals surface area contributed by atoms with Crippen LogP contribution >= 0.6 is 0 Å². The van der Waals surface area contributed by atoms with Gasteiger partial charge in [-0.1, -0.05) is 6.07 Å². The zero-order valence-corrected chi connectivity index (χ0v) is 11.8. The zero-order valence-electron chi connectivity index (χ0n) is 11.8. The van der Waals surface area contributed by atoms with E-state index in [9.17, 15) is 0 Å². The number of ether oxygens (including phenoxy) is 2. The van der Waals surface area contributed by atoms with E-state index in [1.807, 2.05) is 25.2 Å². The fourth-order valence-corrected chi connectivity index (χ4v) is 2.32. The third-order valence-corrected chi connectivity index (χ3v) is 3.56. The highest BCUT2D eigenvalue weighted by Crippen LogP contribution is 2.45. The van der Waals surface area contributed by atoms with E-state index in [0.29, 0.717) is 0 Å². The average Bonchev–Trinajstić information content (AvgIpc) is 3.18. The Hall–Kier alpha value is -1.73. The summed E-state index contributed by atoms with van der Waals surface area (Å²) in [5.41, 5.74) is 1.07. The second kappa shape index (κ2) is 5.50. The van der Waals surface area contributed by atoms with Crippen LogP contribution in [0, 0.1) is 16.7 Å². The first-order valence-electron chi connectivity index (χ1n) is 6.43. The third-order valence-electron chi connectivity index (χ3n) is 3.56. The third kappa shape index (κ3) is 3.18. The minimum absolute atomic E-state index is 0.0920. The van der Waals surface area contributed by atoms with Crippen molar-refractivity contribution in [3.63, 3.8) is 0 Å². The van der Waals surface area contributed by atoms with E-state index in [2.05, 4.69) is 11.0 Å². The Morgan fingerprint density at radius 1 is 1.26 bits per heavy atom. The van der Waals surface area contributed by atoms with Gasteiger partial charge in [0.2, 0.25) is 0 Å². The Morgan fingerprint density at radius 2 is 1.95 bits per heavy atom. The van der Waals surface area contributed by atoms with E-state index < -0.39 is 0 Å². The number of rotatable bonds is 6. The van der Waals surface area contributed by atoms with Crippen LogP contribution in [0.1, 0.15) is 18.4 Å². The van der Waals surface area contributed by atoms with Crippen LogP contribution in [0.3, 0.4) is 0 Å². The summed E-state index contributed by atoms with van der Waals surface area (Å²) in [6.45, 7) is 1.64. The molecule has 4 heteroatoms. The molecule has 1 aliphatic carbocycles. The number of hydrogen-bond acceptors (Lipinski definition) is 4. The van der Waals surface area contributed by atoms with Crippen LogP contribution < -0.4 is 9.47 Å². The highest BCUT2D eigenvalue weighted by molar-refractivity contribution is 5.42. The molecule has 0 unspecified atom stereocenters. The van der Waals surface area contributed by atoms with Crippen LogP contribution in [0.25, 0.3) is 0 Å². The molecule has 0 bridgehead atoms. The lowest BCUT2D eigenvalue weighted by molar-refractivity contribution is 0.285. The normalized spacial score (nSPS) is 15.9. The maximum atomic E-state index is 9.11. The predicted octanol–water partition coefficient (Wildman–Crippen LogP) is 2.44. The standard InChI is InChI=1S/C15H20N2O2/c1-17(11-15(10-16)6-7-15)9-12-4-5-13(18-2)14(8-12)19-3/h4-5,8H,6-7,9,11H2,1-3H3. The SMILES string of the molecule is COc1ccc(CN(C)CC2(C#N)CC2)cc1OC. The van der Waals surface area contributed by atoms with Crippen molar-refractivity contribution in [1.29, 1.82) is 5.26 Å². The predicted molar refractivity (Wildman–Crippen MR) is 73.2 cm³/mol. The summed E-state index contributed by atoms with van der Waals surface area (Å²) in [6, 6.07) is 8.36. The first-order valence-corrected chi connectivity index (χ1v) is 6.43. The lowest BCUT2D eigenvalue weighted by Gasteiger charge is -2.20. The van der Waals surface area contributed by atoms with Crippen molar-refractivity contribution in [3.05, 3.63) is 23.8 Å². The summed E-state index contributed by atoms with van der Waals surface area (Å²) in [7, 11) is 5.32. The van der Waals surface area contributed by atoms with Crippen molar-refractivity contribution >= 4 is 0 Å². The monoisotopic (exact) mass is 260 g/mol. The molecule has 0 atom stereocenters. The fourth-order valence-electron chi connectivity index (χ4n) is 2.32. The molecule has 2 rings (SSSR count). The molecular weight excluding hydrogens is 240 g/mol. The largest absolute Gasteiger partial charge is 0.493 e. The molecule has 0 heterocycles. The minimum Gasteiger partial charge on any atom is -0.493 e. The van der Waals surface area contributed by atoms with E-state index in [-0.39, 0.29) is 5.41 Å². The van der Waals surface area contributed by atoms with Gasteiger partial charge in [-0.2, -0.15) is 5.26 Å². The van der Waals surface area contributed by atoms with Gasteiger partial charge >= 0.3 is 0 Å². The van der Waals surface area contributed by atoms with Gasteiger partial charge in [-0.15, -0.1) is 0 Å². The van der Waals surface area contributed by atoms with Gasteiger partial charge in [0.05, 0.1) is 25.7 Å². The Morgan fingerprint density at radius 3 is 2.47 bits per heavy atom. The molecule has 1 saturated carbocycles. The van der Waals surface area contributed by atoms with Gasteiger partial charge in [-0.25, -0.2) is 0 Å². The molecular formula is C15H20N2O2. The van der Waals surface area contributed by atoms with Crippen molar-refractivity contribution in [2.75, 3.05) is 27.8 Å². The second-order valence-corrected chi connectivity index (χ2v) is 5.25. The van der Waals surface area contributed by atoms with Crippen LogP contribution in [0.2, 0.25) is 0 Å². The van der Waals surface area contributed by atoms with E-state index in [0.717, 1.165) is 43.0 Å². The summed E-state index contributed by atoms with van der Waals surface area (Å²) in [5.74, 6) is 1.49. The van der Waals surface area contributed by atoms with Gasteiger partial charge in [0, 0.05) is 13.1 Å². The Bertz CT molecular complexity index is 489. The van der Waals surface area contributed by atoms with Crippen molar-refractivity contribution in [2.45, 2.75) is 19.4 Å². The number of nitriles is 1. The van der Waals surface area contributed by atoms with Crippen molar-refractivity contribution < 1.29 is 9.47 Å². The van der Waals surface area contributed by atoms with E-state index in [1.165, 1.54) is 0 Å². The van der Waals surface area contributed by atoms with Crippen LogP contribution in [0.4, 0.5) is 0 Å². The lowest BCUT2D eigenvalue weighted by Crippen LogP contribution is -2.25. The van der Waals surface area contributed by atoms with Gasteiger partial charge in [-0.3, -0.25) is 0 Å². The summed E-state index contributed by atoms with van der Waals surface area (Å²) >= 11 is 0. The zero-order chi connectivity index (χ0) is 13.9. The first kappa shape index (κ1) is 13.7. The lowest BCUT2D eigenvalue weighted by atomic mass is 10.1. The smallest absolute Gasteiger partial charge is 0.161 e. The molecule has 19 heavy (non-hydrogen) atoms. The Labute approximate surface area is 114 Å². The highest BCUT2D eigenvalue weighted by atomic mass is 16.5. The van der Waals surface area contributed by atoms with Crippen molar-refractivity contribution in [2.24, 2.45) is 5.41 Å². The minimum atomic E-state index is -0.0920. The van der Waals surface area contributed by atoms with Gasteiger partial charge in [0.1, 0.15) is 0 Å². The molecule has 0 amide bonds. The molecule has 0 spiro atoms. The van der Waals surface area contributed by atoms with E-state index in [1.54, 1.807) is 14.2 Å². The molecule has 1 aromatic rings. The maximum Gasteiger partial charge on any atom is 0.161 e. The van der Waals surface area contributed by atoms with Gasteiger partial charge in [-0.05, 0) is 37.6 Å². The first-order chi connectivity index (χ1) is 9.12. The fraction of sp³-hybridized carbons (Fsp3) is 0.533. The highest BCUT2D eigenvalue weighted by Gasteiger charge is 2.43. The molecule has 102 valence electrons. The quantitative estimate of drug-likeness (QED) is 0.788. The van der Waals surface area contributed by atoms with Gasteiger partial charge in [0.15, 0.2) is 11.5 Å². The average molecular weight is 260 g/mol. The van der Waals surface area contributed by atoms with E-state index >= 15 is 0 Å². The van der Waals surface area contributed by atoms with Gasteiger partial charge < -0.3 is 14.4 Å². The maximum absolute atomic E-state index is 9.11. The molecule has 4 nitrogen and oxygen atoms in total. The molecule has 0 radical (unpaired) electrons. The van der Waals surface area contributed by atoms with Crippen LogP contribution in [-0.4, -0.2) is 32.7 Å². The van der Waals surface area contributed by atoms with Crippen molar-refractivity contribution in [1.82, 2.24) is 4.90 Å². The molecule has 1 aliphatic rings. The second-order valence-electron chi connectivity index (χ2n) is 5.25. The van der Waals surface area contributed by atoms with Gasteiger partial charge in [0.25, 0.3) is 0 Å². The van der Waals surface area contributed by atoms with Crippen LogP contribution in [0.5, 0.6) is 11.5 Å². The summed E-state index contributed by atoms with van der Waals surface area (Å²) in [5, 5.41) is 9.11. The molecule has 1 aromatic carbocycles. The molecule has 0 aliphatic heterocycles. The molecule has 0 N–H and O–H groups in total. The summed E-state index contributed by atoms with van der Waals surface area (Å²) in [4.78, 5) is 2.19. The summed E-state index contributed by atoms with van der Waals surface area (Å²) in [6.07, 6.45) is 2.06. The van der Waals surface area contributed by atoms with Crippen LogP contribution in [0.15, 0.2) is 18.2 Å². The number of benzene rings is 1. The van der Waals surface area contributed by atoms with E-state index in [4.69, 9.17) is 14.7 Å². The number of hydrogen-bond donors (Lipinski definition) is 0. The topological polar surface area (TPSA) is 45.5 Å². The molecule has 1 fully saturated rings. The Balaban J connectivity index is 2.01.